The number of hydrogen-bond donors (Lipinski definition) is 3. The minimum atomic E-state index is -1.23. The van der Waals surface area contributed by atoms with E-state index in [1.807, 2.05) is 43.3 Å². The third-order valence-corrected chi connectivity index (χ3v) is 4.61. The number of aryl methyl sites for hydroxylation is 1. The van der Waals surface area contributed by atoms with E-state index in [1.54, 1.807) is 6.20 Å². The molecule has 2 amide bonds. The molecule has 3 rings (SSSR count). The zero-order valence-electron chi connectivity index (χ0n) is 16.9. The quantitative estimate of drug-likeness (QED) is 0.482. The molecule has 1 aromatic carbocycles. The standard InChI is InChI=1S/C21H21N3O5.Na/c1-13-2-5-16(10-22-13)15-6-3-14(4-7-15)12-24-9-8-17(25)19(21(24)29)20(28)23-11-18(26)27;/h2-7,10,25H,8-9,11-12H2,1H3,(H,23,28)(H,26,27);. The van der Waals surface area contributed by atoms with E-state index in [9.17, 15) is 19.5 Å². The van der Waals surface area contributed by atoms with E-state index in [2.05, 4.69) is 10.3 Å². The first kappa shape index (κ1) is 23.6. The Labute approximate surface area is 195 Å². The summed E-state index contributed by atoms with van der Waals surface area (Å²) in [5.41, 5.74) is 3.39. The van der Waals surface area contributed by atoms with Crippen LogP contribution in [0.1, 0.15) is 17.7 Å². The Morgan fingerprint density at radius 1 is 1.13 bits per heavy atom. The fourth-order valence-electron chi connectivity index (χ4n) is 3.03. The zero-order valence-corrected chi connectivity index (χ0v) is 18.9. The fourth-order valence-corrected chi connectivity index (χ4v) is 3.03. The van der Waals surface area contributed by atoms with Crippen molar-refractivity contribution in [3.63, 3.8) is 0 Å². The van der Waals surface area contributed by atoms with Crippen LogP contribution in [-0.4, -0.2) is 80.5 Å². The van der Waals surface area contributed by atoms with Crippen LogP contribution >= 0.6 is 0 Å². The molecular weight excluding hydrogens is 397 g/mol. The average Bonchev–Trinajstić information content (AvgIpc) is 2.70. The molecule has 1 aliphatic rings. The number of carbonyl (C=O) groups excluding carboxylic acids is 2. The third-order valence-electron chi connectivity index (χ3n) is 4.61. The van der Waals surface area contributed by atoms with E-state index in [4.69, 9.17) is 5.11 Å². The van der Waals surface area contributed by atoms with Gasteiger partial charge in [0.1, 0.15) is 17.9 Å². The molecule has 3 N–H and O–H groups in total. The minimum absolute atomic E-state index is 0. The molecule has 1 aromatic heterocycles. The topological polar surface area (TPSA) is 120 Å². The van der Waals surface area contributed by atoms with E-state index in [1.165, 1.54) is 4.90 Å². The smallest absolute Gasteiger partial charge is 0.322 e. The number of carbonyl (C=O) groups is 3. The maximum Gasteiger partial charge on any atom is 0.322 e. The van der Waals surface area contributed by atoms with E-state index < -0.39 is 29.9 Å². The zero-order chi connectivity index (χ0) is 21.0. The van der Waals surface area contributed by atoms with Crippen molar-refractivity contribution in [2.75, 3.05) is 13.1 Å². The van der Waals surface area contributed by atoms with Crippen molar-refractivity contribution >= 4 is 47.3 Å². The molecule has 0 fully saturated rings. The van der Waals surface area contributed by atoms with Gasteiger partial charge >= 0.3 is 5.97 Å². The summed E-state index contributed by atoms with van der Waals surface area (Å²) < 4.78 is 0. The molecule has 9 heteroatoms. The number of rotatable bonds is 6. The van der Waals surface area contributed by atoms with Crippen molar-refractivity contribution in [2.45, 2.75) is 19.9 Å². The molecule has 0 aliphatic carbocycles. The van der Waals surface area contributed by atoms with Crippen LogP contribution in [0, 0.1) is 6.92 Å². The Kier molecular flexibility index (Phi) is 8.16. The van der Waals surface area contributed by atoms with Gasteiger partial charge in [0.2, 0.25) is 0 Å². The summed E-state index contributed by atoms with van der Waals surface area (Å²) in [6, 6.07) is 11.6. The summed E-state index contributed by atoms with van der Waals surface area (Å²) in [5.74, 6) is -3.07. The SMILES string of the molecule is Cc1ccc(-c2ccc(CN3CCC(O)=C(C(=O)NCC(=O)O)C3=O)cc2)cn1.[Na]. The number of carboxylic acid groups (broad SMARTS) is 1. The maximum absolute atomic E-state index is 12.6. The number of carboxylic acids is 1. The number of aromatic nitrogens is 1. The van der Waals surface area contributed by atoms with Crippen molar-refractivity contribution < 1.29 is 24.6 Å². The molecule has 0 bridgehead atoms. The Hall–Kier alpha value is -2.68. The van der Waals surface area contributed by atoms with Gasteiger partial charge in [-0.25, -0.2) is 0 Å². The van der Waals surface area contributed by atoms with Crippen LogP contribution < -0.4 is 5.32 Å². The molecule has 8 nitrogen and oxygen atoms in total. The van der Waals surface area contributed by atoms with E-state index in [-0.39, 0.29) is 54.8 Å². The molecular formula is C21H21N3NaO5. The molecule has 1 aliphatic heterocycles. The number of nitrogens with zero attached hydrogens (tertiary/aromatic N) is 2. The second-order valence-corrected chi connectivity index (χ2v) is 6.76. The van der Waals surface area contributed by atoms with E-state index in [0.29, 0.717) is 0 Å². The van der Waals surface area contributed by atoms with Gasteiger partial charge in [-0.1, -0.05) is 30.3 Å². The van der Waals surface area contributed by atoms with Crippen LogP contribution in [0.5, 0.6) is 0 Å². The average molecular weight is 418 g/mol. The fraction of sp³-hybridized carbons (Fsp3) is 0.238. The van der Waals surface area contributed by atoms with Crippen LogP contribution in [0.15, 0.2) is 53.9 Å². The summed E-state index contributed by atoms with van der Waals surface area (Å²) in [4.78, 5) is 41.1. The molecule has 0 spiro atoms. The van der Waals surface area contributed by atoms with Crippen LogP contribution in [0.25, 0.3) is 11.1 Å². The monoisotopic (exact) mass is 418 g/mol. The summed E-state index contributed by atoms with van der Waals surface area (Å²) in [6.45, 7) is 1.83. The van der Waals surface area contributed by atoms with Gasteiger partial charge in [0.25, 0.3) is 11.8 Å². The predicted molar refractivity (Wildman–Crippen MR) is 110 cm³/mol. The molecule has 1 radical (unpaired) electrons. The molecule has 151 valence electrons. The molecule has 0 atom stereocenters. The van der Waals surface area contributed by atoms with Gasteiger partial charge < -0.3 is 20.4 Å². The Bertz CT molecular complexity index is 971. The third kappa shape index (κ3) is 5.69. The molecule has 30 heavy (non-hydrogen) atoms. The largest absolute Gasteiger partial charge is 0.511 e. The minimum Gasteiger partial charge on any atom is -0.511 e. The molecule has 2 heterocycles. The van der Waals surface area contributed by atoms with Gasteiger partial charge in [0, 0.05) is 66.5 Å². The van der Waals surface area contributed by atoms with E-state index in [0.717, 1.165) is 22.4 Å². The number of aliphatic carboxylic acids is 1. The molecule has 0 saturated carbocycles. The number of nitrogens with one attached hydrogen (secondary N) is 1. The first-order chi connectivity index (χ1) is 13.8. The number of pyridine rings is 1. The summed E-state index contributed by atoms with van der Waals surface area (Å²) in [6.07, 6.45) is 1.93. The van der Waals surface area contributed by atoms with Gasteiger partial charge in [0.05, 0.1) is 0 Å². The van der Waals surface area contributed by atoms with Gasteiger partial charge in [-0.3, -0.25) is 19.4 Å². The number of aliphatic hydroxyl groups is 1. The Balaban J connectivity index is 0.00000320. The Morgan fingerprint density at radius 3 is 2.40 bits per heavy atom. The Morgan fingerprint density at radius 2 is 1.80 bits per heavy atom. The van der Waals surface area contributed by atoms with Gasteiger partial charge in [-0.05, 0) is 24.1 Å². The van der Waals surface area contributed by atoms with Crippen molar-refractivity contribution in [1.82, 2.24) is 15.2 Å². The normalized spacial score (nSPS) is 13.6. The van der Waals surface area contributed by atoms with Crippen LogP contribution in [0.4, 0.5) is 0 Å². The second-order valence-electron chi connectivity index (χ2n) is 6.76. The summed E-state index contributed by atoms with van der Waals surface area (Å²) >= 11 is 0. The summed E-state index contributed by atoms with van der Waals surface area (Å²) in [7, 11) is 0. The van der Waals surface area contributed by atoms with Crippen molar-refractivity contribution in [3.8, 4) is 11.1 Å². The van der Waals surface area contributed by atoms with Gasteiger partial charge in [0.15, 0.2) is 0 Å². The number of amides is 2. The molecule has 0 unspecified atom stereocenters. The first-order valence-electron chi connectivity index (χ1n) is 9.08. The van der Waals surface area contributed by atoms with Crippen LogP contribution in [0.3, 0.4) is 0 Å². The molecule has 0 saturated heterocycles. The van der Waals surface area contributed by atoms with Crippen molar-refractivity contribution in [3.05, 3.63) is 65.2 Å². The van der Waals surface area contributed by atoms with Crippen molar-refractivity contribution in [1.29, 1.82) is 0 Å². The predicted octanol–water partition coefficient (Wildman–Crippen LogP) is 1.42. The second kappa shape index (κ2) is 10.4. The van der Waals surface area contributed by atoms with Crippen LogP contribution in [0.2, 0.25) is 0 Å². The van der Waals surface area contributed by atoms with Gasteiger partial charge in [-0.15, -0.1) is 0 Å². The van der Waals surface area contributed by atoms with E-state index >= 15 is 0 Å². The number of benzene rings is 1. The number of hydrogen-bond acceptors (Lipinski definition) is 5. The van der Waals surface area contributed by atoms with Gasteiger partial charge in [-0.2, -0.15) is 0 Å². The van der Waals surface area contributed by atoms with Crippen molar-refractivity contribution in [2.24, 2.45) is 0 Å². The number of aliphatic hydroxyl groups excluding tert-OH is 1. The maximum atomic E-state index is 12.6. The van der Waals surface area contributed by atoms with Crippen LogP contribution in [-0.2, 0) is 20.9 Å². The first-order valence-corrected chi connectivity index (χ1v) is 9.08. The molecule has 2 aromatic rings. The summed E-state index contributed by atoms with van der Waals surface area (Å²) in [5, 5.41) is 20.7.